The molecule has 0 aromatic heterocycles. The maximum Gasteiger partial charge on any atom is 0.0462 e. The summed E-state index contributed by atoms with van der Waals surface area (Å²) in [5.74, 6) is 0. The first-order chi connectivity index (χ1) is 6.77. The molecule has 1 saturated carbocycles. The van der Waals surface area contributed by atoms with Crippen LogP contribution in [-0.2, 0) is 4.74 Å². The lowest BCUT2D eigenvalue weighted by atomic mass is 10.1. The lowest BCUT2D eigenvalue weighted by Crippen LogP contribution is -2.38. The number of hydrogen-bond donors (Lipinski definition) is 1. The van der Waals surface area contributed by atoms with Crippen molar-refractivity contribution in [3.05, 3.63) is 0 Å². The van der Waals surface area contributed by atoms with Crippen molar-refractivity contribution < 1.29 is 4.74 Å². The molecule has 3 heteroatoms. The van der Waals surface area contributed by atoms with Crippen molar-refractivity contribution in [1.82, 2.24) is 4.90 Å². The van der Waals surface area contributed by atoms with Crippen LogP contribution in [-0.4, -0.2) is 43.8 Å². The molecule has 1 aliphatic carbocycles. The number of ether oxygens (including phenoxy) is 1. The van der Waals surface area contributed by atoms with Crippen molar-refractivity contribution in [1.29, 1.82) is 0 Å². The number of hydrogen-bond acceptors (Lipinski definition) is 3. The van der Waals surface area contributed by atoms with Gasteiger partial charge in [-0.05, 0) is 32.2 Å². The molecule has 1 aliphatic rings. The van der Waals surface area contributed by atoms with Gasteiger partial charge in [0.25, 0.3) is 0 Å². The van der Waals surface area contributed by atoms with Gasteiger partial charge in [0.05, 0.1) is 0 Å². The van der Waals surface area contributed by atoms with E-state index in [1.165, 1.54) is 12.8 Å². The second-order valence-electron chi connectivity index (χ2n) is 4.21. The molecule has 84 valence electrons. The quantitative estimate of drug-likeness (QED) is 0.599. The Morgan fingerprint density at radius 3 is 2.71 bits per heavy atom. The minimum atomic E-state index is 0.325. The monoisotopic (exact) mass is 200 g/mol. The van der Waals surface area contributed by atoms with Crippen molar-refractivity contribution >= 4 is 0 Å². The lowest BCUT2D eigenvalue weighted by Gasteiger charge is -2.23. The molecule has 14 heavy (non-hydrogen) atoms. The van der Waals surface area contributed by atoms with E-state index in [2.05, 4.69) is 11.8 Å². The van der Waals surface area contributed by atoms with Crippen LogP contribution in [0.25, 0.3) is 0 Å². The Morgan fingerprint density at radius 2 is 2.21 bits per heavy atom. The van der Waals surface area contributed by atoms with Gasteiger partial charge in [0.2, 0.25) is 0 Å². The number of nitrogens with zero attached hydrogens (tertiary/aromatic N) is 1. The van der Waals surface area contributed by atoms with Crippen molar-refractivity contribution in [2.45, 2.75) is 44.7 Å². The van der Waals surface area contributed by atoms with Gasteiger partial charge in [-0.15, -0.1) is 0 Å². The highest BCUT2D eigenvalue weighted by atomic mass is 16.5. The summed E-state index contributed by atoms with van der Waals surface area (Å²) in [7, 11) is 1.74. The van der Waals surface area contributed by atoms with E-state index >= 15 is 0 Å². The van der Waals surface area contributed by atoms with E-state index in [-0.39, 0.29) is 0 Å². The van der Waals surface area contributed by atoms with Crippen LogP contribution in [0.2, 0.25) is 0 Å². The molecule has 2 N–H and O–H groups in total. The Balaban J connectivity index is 2.07. The molecule has 0 saturated heterocycles. The first-order valence-electron chi connectivity index (χ1n) is 5.76. The van der Waals surface area contributed by atoms with Crippen molar-refractivity contribution in [2.24, 2.45) is 5.73 Å². The summed E-state index contributed by atoms with van der Waals surface area (Å²) < 4.78 is 5.01. The zero-order valence-corrected chi connectivity index (χ0v) is 9.54. The van der Waals surface area contributed by atoms with Gasteiger partial charge in [-0.2, -0.15) is 0 Å². The van der Waals surface area contributed by atoms with E-state index < -0.39 is 0 Å². The van der Waals surface area contributed by atoms with Crippen molar-refractivity contribution in [3.63, 3.8) is 0 Å². The topological polar surface area (TPSA) is 38.5 Å². The van der Waals surface area contributed by atoms with Crippen LogP contribution < -0.4 is 5.73 Å². The predicted octanol–water partition coefficient (Wildman–Crippen LogP) is 1.22. The van der Waals surface area contributed by atoms with Crippen molar-refractivity contribution in [3.8, 4) is 0 Å². The summed E-state index contributed by atoms with van der Waals surface area (Å²) in [5.41, 5.74) is 6.06. The average molecular weight is 200 g/mol. The third kappa shape index (κ3) is 4.40. The molecular weight excluding hydrogens is 176 g/mol. The Morgan fingerprint density at radius 1 is 1.50 bits per heavy atom. The standard InChI is InChI=1S/C11H24N2O/c1-3-13(11-6-7-11)9-10(12)5-4-8-14-2/h10-11H,3-9,12H2,1-2H3. The van der Waals surface area contributed by atoms with Crippen LogP contribution >= 0.6 is 0 Å². The second-order valence-corrected chi connectivity index (χ2v) is 4.21. The Hall–Kier alpha value is -0.120. The van der Waals surface area contributed by atoms with E-state index in [4.69, 9.17) is 10.5 Å². The fourth-order valence-corrected chi connectivity index (χ4v) is 1.86. The lowest BCUT2D eigenvalue weighted by molar-refractivity contribution is 0.185. The summed E-state index contributed by atoms with van der Waals surface area (Å²) in [5, 5.41) is 0. The largest absolute Gasteiger partial charge is 0.385 e. The SMILES string of the molecule is CCN(CC(N)CCCOC)C1CC1. The van der Waals surface area contributed by atoms with Gasteiger partial charge in [-0.25, -0.2) is 0 Å². The molecule has 0 radical (unpaired) electrons. The van der Waals surface area contributed by atoms with E-state index in [9.17, 15) is 0 Å². The van der Waals surface area contributed by atoms with E-state index in [1.807, 2.05) is 0 Å². The highest BCUT2D eigenvalue weighted by molar-refractivity contribution is 4.85. The summed E-state index contributed by atoms with van der Waals surface area (Å²) in [4.78, 5) is 2.51. The zero-order chi connectivity index (χ0) is 10.4. The first-order valence-corrected chi connectivity index (χ1v) is 5.76. The summed E-state index contributed by atoms with van der Waals surface area (Å²) in [6, 6.07) is 1.17. The summed E-state index contributed by atoms with van der Waals surface area (Å²) in [6.07, 6.45) is 4.91. The second kappa shape index (κ2) is 6.38. The van der Waals surface area contributed by atoms with Gasteiger partial charge in [0.15, 0.2) is 0 Å². The van der Waals surface area contributed by atoms with Crippen LogP contribution in [0.3, 0.4) is 0 Å². The van der Waals surface area contributed by atoms with Gasteiger partial charge < -0.3 is 10.5 Å². The molecule has 1 unspecified atom stereocenters. The molecule has 1 rings (SSSR count). The third-order valence-electron chi connectivity index (χ3n) is 2.86. The molecule has 3 nitrogen and oxygen atoms in total. The Bertz CT molecular complexity index is 148. The minimum Gasteiger partial charge on any atom is -0.385 e. The highest BCUT2D eigenvalue weighted by Crippen LogP contribution is 2.26. The molecule has 1 fully saturated rings. The van der Waals surface area contributed by atoms with Gasteiger partial charge in [0, 0.05) is 32.3 Å². The molecule has 0 amide bonds. The number of nitrogens with two attached hydrogens (primary N) is 1. The molecule has 0 bridgehead atoms. The zero-order valence-electron chi connectivity index (χ0n) is 9.54. The van der Waals surface area contributed by atoms with Gasteiger partial charge in [0.1, 0.15) is 0 Å². The number of methoxy groups -OCH3 is 1. The third-order valence-corrected chi connectivity index (χ3v) is 2.86. The predicted molar refractivity (Wildman–Crippen MR) is 59.4 cm³/mol. The van der Waals surface area contributed by atoms with E-state index in [1.54, 1.807) is 7.11 Å². The Kier molecular flexibility index (Phi) is 5.45. The molecule has 1 atom stereocenters. The Labute approximate surface area is 87.6 Å². The van der Waals surface area contributed by atoms with Crippen LogP contribution in [0.1, 0.15) is 32.6 Å². The highest BCUT2D eigenvalue weighted by Gasteiger charge is 2.28. The van der Waals surface area contributed by atoms with Crippen LogP contribution in [0, 0.1) is 0 Å². The molecule has 0 aromatic carbocycles. The van der Waals surface area contributed by atoms with Crippen LogP contribution in [0.4, 0.5) is 0 Å². The molecular formula is C11H24N2O. The van der Waals surface area contributed by atoms with Crippen LogP contribution in [0.15, 0.2) is 0 Å². The fraction of sp³-hybridized carbons (Fsp3) is 1.00. The maximum absolute atomic E-state index is 6.06. The average Bonchev–Trinajstić information content (AvgIpc) is 2.98. The molecule has 0 aromatic rings. The summed E-state index contributed by atoms with van der Waals surface area (Å²) >= 11 is 0. The fourth-order valence-electron chi connectivity index (χ4n) is 1.86. The van der Waals surface area contributed by atoms with Crippen molar-refractivity contribution in [2.75, 3.05) is 26.8 Å². The molecule has 0 aliphatic heterocycles. The number of likely N-dealkylation sites (N-methyl/N-ethyl adjacent to an activating group) is 1. The van der Waals surface area contributed by atoms with E-state index in [0.29, 0.717) is 6.04 Å². The minimum absolute atomic E-state index is 0.325. The van der Waals surface area contributed by atoms with E-state index in [0.717, 1.165) is 38.6 Å². The van der Waals surface area contributed by atoms with Gasteiger partial charge in [-0.3, -0.25) is 4.90 Å². The normalized spacial score (nSPS) is 18.9. The maximum atomic E-state index is 6.06. The van der Waals surface area contributed by atoms with Gasteiger partial charge in [-0.1, -0.05) is 6.92 Å². The van der Waals surface area contributed by atoms with Crippen LogP contribution in [0.5, 0.6) is 0 Å². The molecule has 0 heterocycles. The number of rotatable bonds is 8. The first kappa shape index (κ1) is 12.0. The van der Waals surface area contributed by atoms with Gasteiger partial charge >= 0.3 is 0 Å². The smallest absolute Gasteiger partial charge is 0.0462 e. The molecule has 0 spiro atoms. The summed E-state index contributed by atoms with van der Waals surface area (Å²) in [6.45, 7) is 5.26.